The third-order valence-corrected chi connectivity index (χ3v) is 3.82. The van der Waals surface area contributed by atoms with Crippen molar-refractivity contribution in [1.82, 2.24) is 5.32 Å². The second-order valence-electron chi connectivity index (χ2n) is 5.96. The fourth-order valence-corrected chi connectivity index (χ4v) is 2.84. The van der Waals surface area contributed by atoms with Gasteiger partial charge >= 0.3 is 0 Å². The third-order valence-electron chi connectivity index (χ3n) is 3.82. The Morgan fingerprint density at radius 2 is 2.23 bits per heavy atom. The number of fused-ring (bicyclic) bond motifs is 1. The standard InChI is InChI=1S/C16H21NO5/c1-16(2)21-12-9-20-14(13(12)22-16)15(18)17-8-10-5-4-6-11(7-10)19-3/h4-7,12-14H,8-9H2,1-3H3,(H,17,18). The molecule has 6 heteroatoms. The van der Waals surface area contributed by atoms with Crippen LogP contribution in [0.1, 0.15) is 19.4 Å². The van der Waals surface area contributed by atoms with Crippen LogP contribution in [0.4, 0.5) is 0 Å². The highest BCUT2D eigenvalue weighted by Crippen LogP contribution is 2.35. The first-order valence-electron chi connectivity index (χ1n) is 7.36. The van der Waals surface area contributed by atoms with Gasteiger partial charge in [-0.2, -0.15) is 0 Å². The predicted molar refractivity (Wildman–Crippen MR) is 78.4 cm³/mol. The van der Waals surface area contributed by atoms with Crippen LogP contribution in [0.25, 0.3) is 0 Å². The van der Waals surface area contributed by atoms with Crippen molar-refractivity contribution in [1.29, 1.82) is 0 Å². The van der Waals surface area contributed by atoms with E-state index < -0.39 is 11.9 Å². The average Bonchev–Trinajstić information content (AvgIpc) is 3.00. The normalized spacial score (nSPS) is 29.1. The molecule has 3 atom stereocenters. The zero-order chi connectivity index (χ0) is 15.7. The SMILES string of the molecule is COc1cccc(CNC(=O)C2OCC3OC(C)(C)OC32)c1. The van der Waals surface area contributed by atoms with Gasteiger partial charge < -0.3 is 24.3 Å². The molecular formula is C16H21NO5. The summed E-state index contributed by atoms with van der Waals surface area (Å²) in [5, 5.41) is 2.88. The lowest BCUT2D eigenvalue weighted by atomic mass is 10.1. The number of benzene rings is 1. The molecule has 1 aromatic rings. The zero-order valence-corrected chi connectivity index (χ0v) is 13.0. The molecule has 120 valence electrons. The number of amides is 1. The molecule has 1 N–H and O–H groups in total. The molecule has 3 unspecified atom stereocenters. The molecule has 0 aliphatic carbocycles. The molecule has 3 rings (SSSR count). The second-order valence-corrected chi connectivity index (χ2v) is 5.96. The highest BCUT2D eigenvalue weighted by molar-refractivity contribution is 5.82. The van der Waals surface area contributed by atoms with E-state index in [1.807, 2.05) is 38.1 Å². The summed E-state index contributed by atoms with van der Waals surface area (Å²) < 4.78 is 22.2. The van der Waals surface area contributed by atoms with Gasteiger partial charge in [0.1, 0.15) is 18.0 Å². The second kappa shape index (κ2) is 5.87. The molecule has 2 saturated heterocycles. The largest absolute Gasteiger partial charge is 0.497 e. The Balaban J connectivity index is 1.58. The maximum absolute atomic E-state index is 12.3. The summed E-state index contributed by atoms with van der Waals surface area (Å²) in [4.78, 5) is 12.3. The van der Waals surface area contributed by atoms with Crippen LogP contribution in [0.2, 0.25) is 0 Å². The Hall–Kier alpha value is -1.63. The number of nitrogens with one attached hydrogen (secondary N) is 1. The van der Waals surface area contributed by atoms with E-state index in [1.54, 1.807) is 7.11 Å². The summed E-state index contributed by atoms with van der Waals surface area (Å²) >= 11 is 0. The average molecular weight is 307 g/mol. The van der Waals surface area contributed by atoms with Crippen LogP contribution in [0.5, 0.6) is 5.75 Å². The monoisotopic (exact) mass is 307 g/mol. The summed E-state index contributed by atoms with van der Waals surface area (Å²) in [6.07, 6.45) is -1.15. The number of carbonyl (C=O) groups is 1. The fraction of sp³-hybridized carbons (Fsp3) is 0.562. The minimum atomic E-state index is -0.662. The van der Waals surface area contributed by atoms with E-state index in [9.17, 15) is 4.79 Å². The summed E-state index contributed by atoms with van der Waals surface area (Å²) in [6.45, 7) is 4.48. The van der Waals surface area contributed by atoms with Gasteiger partial charge in [-0.25, -0.2) is 0 Å². The Morgan fingerprint density at radius 3 is 3.00 bits per heavy atom. The van der Waals surface area contributed by atoms with Crippen molar-refractivity contribution in [2.75, 3.05) is 13.7 Å². The van der Waals surface area contributed by atoms with Gasteiger partial charge in [0.05, 0.1) is 13.7 Å². The molecule has 6 nitrogen and oxygen atoms in total. The molecule has 2 aliphatic rings. The van der Waals surface area contributed by atoms with Gasteiger partial charge in [-0.3, -0.25) is 4.79 Å². The number of methoxy groups -OCH3 is 1. The molecule has 0 saturated carbocycles. The van der Waals surface area contributed by atoms with Crippen molar-refractivity contribution in [3.05, 3.63) is 29.8 Å². The van der Waals surface area contributed by atoms with Crippen LogP contribution in [0.15, 0.2) is 24.3 Å². The van der Waals surface area contributed by atoms with Crippen LogP contribution in [0, 0.1) is 0 Å². The smallest absolute Gasteiger partial charge is 0.252 e. The molecule has 0 aromatic heterocycles. The van der Waals surface area contributed by atoms with Crippen molar-refractivity contribution < 1.29 is 23.7 Å². The molecule has 0 spiro atoms. The summed E-state index contributed by atoms with van der Waals surface area (Å²) in [6, 6.07) is 7.57. The van der Waals surface area contributed by atoms with Gasteiger partial charge in [0, 0.05) is 6.54 Å². The Bertz CT molecular complexity index is 559. The highest BCUT2D eigenvalue weighted by Gasteiger charge is 2.52. The quantitative estimate of drug-likeness (QED) is 0.906. The van der Waals surface area contributed by atoms with Gasteiger partial charge in [0.25, 0.3) is 5.91 Å². The minimum absolute atomic E-state index is 0.178. The lowest BCUT2D eigenvalue weighted by Gasteiger charge is -2.21. The van der Waals surface area contributed by atoms with Crippen LogP contribution in [-0.2, 0) is 25.5 Å². The topological polar surface area (TPSA) is 66.0 Å². The van der Waals surface area contributed by atoms with E-state index in [2.05, 4.69) is 5.32 Å². The van der Waals surface area contributed by atoms with Crippen molar-refractivity contribution in [2.45, 2.75) is 44.5 Å². The Labute approximate surface area is 129 Å². The van der Waals surface area contributed by atoms with Crippen molar-refractivity contribution in [3.8, 4) is 5.75 Å². The number of rotatable bonds is 4. The maximum Gasteiger partial charge on any atom is 0.252 e. The van der Waals surface area contributed by atoms with Gasteiger partial charge in [0.15, 0.2) is 11.9 Å². The zero-order valence-electron chi connectivity index (χ0n) is 13.0. The van der Waals surface area contributed by atoms with Gasteiger partial charge in [-0.1, -0.05) is 12.1 Å². The van der Waals surface area contributed by atoms with Crippen molar-refractivity contribution >= 4 is 5.91 Å². The summed E-state index contributed by atoms with van der Waals surface area (Å²) in [5.74, 6) is -0.0837. The van der Waals surface area contributed by atoms with E-state index in [0.717, 1.165) is 11.3 Å². The first-order valence-corrected chi connectivity index (χ1v) is 7.36. The van der Waals surface area contributed by atoms with Gasteiger partial charge in [-0.15, -0.1) is 0 Å². The molecule has 2 heterocycles. The first-order chi connectivity index (χ1) is 10.5. The van der Waals surface area contributed by atoms with E-state index in [1.165, 1.54) is 0 Å². The van der Waals surface area contributed by atoms with Crippen LogP contribution < -0.4 is 10.1 Å². The van der Waals surface area contributed by atoms with E-state index in [-0.39, 0.29) is 18.1 Å². The molecule has 1 aromatic carbocycles. The predicted octanol–water partition coefficient (Wildman–Crippen LogP) is 1.23. The molecule has 1 amide bonds. The first kappa shape index (κ1) is 15.3. The lowest BCUT2D eigenvalue weighted by Crippen LogP contribution is -2.42. The summed E-state index contributed by atoms with van der Waals surface area (Å²) in [7, 11) is 1.61. The van der Waals surface area contributed by atoms with Crippen molar-refractivity contribution in [2.24, 2.45) is 0 Å². The molecule has 2 aliphatic heterocycles. The van der Waals surface area contributed by atoms with Crippen LogP contribution in [-0.4, -0.2) is 43.7 Å². The van der Waals surface area contributed by atoms with E-state index >= 15 is 0 Å². The third kappa shape index (κ3) is 3.09. The Kier molecular flexibility index (Phi) is 4.08. The van der Waals surface area contributed by atoms with E-state index in [4.69, 9.17) is 18.9 Å². The molecule has 0 bridgehead atoms. The van der Waals surface area contributed by atoms with E-state index in [0.29, 0.717) is 13.2 Å². The molecule has 2 fully saturated rings. The van der Waals surface area contributed by atoms with Crippen LogP contribution >= 0.6 is 0 Å². The number of ether oxygens (including phenoxy) is 4. The summed E-state index contributed by atoms with van der Waals surface area (Å²) in [5.41, 5.74) is 0.964. The number of hydrogen-bond donors (Lipinski definition) is 1. The van der Waals surface area contributed by atoms with Crippen molar-refractivity contribution in [3.63, 3.8) is 0 Å². The van der Waals surface area contributed by atoms with Gasteiger partial charge in [-0.05, 0) is 31.5 Å². The van der Waals surface area contributed by atoms with Gasteiger partial charge in [0.2, 0.25) is 0 Å². The number of carbonyl (C=O) groups excluding carboxylic acids is 1. The molecule has 0 radical (unpaired) electrons. The minimum Gasteiger partial charge on any atom is -0.497 e. The lowest BCUT2D eigenvalue weighted by molar-refractivity contribution is -0.178. The molecular weight excluding hydrogens is 286 g/mol. The fourth-order valence-electron chi connectivity index (χ4n) is 2.84. The Morgan fingerprint density at radius 1 is 1.41 bits per heavy atom. The number of hydrogen-bond acceptors (Lipinski definition) is 5. The molecule has 22 heavy (non-hydrogen) atoms. The highest BCUT2D eigenvalue weighted by atomic mass is 16.8. The maximum atomic E-state index is 12.3. The van der Waals surface area contributed by atoms with Crippen LogP contribution in [0.3, 0.4) is 0 Å².